The highest BCUT2D eigenvalue weighted by Crippen LogP contribution is 2.37. The van der Waals surface area contributed by atoms with Crippen LogP contribution in [-0.4, -0.2) is 15.0 Å². The van der Waals surface area contributed by atoms with Crippen LogP contribution < -0.4 is 11.1 Å². The zero-order valence-corrected chi connectivity index (χ0v) is 16.1. The van der Waals surface area contributed by atoms with Gasteiger partial charge in [-0.1, -0.05) is 28.1 Å². The van der Waals surface area contributed by atoms with Crippen LogP contribution in [0.2, 0.25) is 0 Å². The van der Waals surface area contributed by atoms with E-state index in [1.165, 1.54) is 0 Å². The van der Waals surface area contributed by atoms with Gasteiger partial charge in [0.05, 0.1) is 10.9 Å². The van der Waals surface area contributed by atoms with Crippen LogP contribution >= 0.6 is 27.3 Å². The Morgan fingerprint density at radius 1 is 1.11 bits per heavy atom. The number of oxazole rings is 1. The quantitative estimate of drug-likeness (QED) is 0.399. The molecule has 0 bridgehead atoms. The number of nitrogens with one attached hydrogen (secondary N) is 2. The summed E-state index contributed by atoms with van der Waals surface area (Å²) < 4.78 is 6.17. The van der Waals surface area contributed by atoms with Crippen molar-refractivity contribution in [1.82, 2.24) is 15.0 Å². The van der Waals surface area contributed by atoms with E-state index in [0.29, 0.717) is 16.9 Å². The first-order valence-electron chi connectivity index (χ1n) is 8.05. The molecule has 2 N–H and O–H groups in total. The Balaban J connectivity index is 1.62. The fourth-order valence-corrected chi connectivity index (χ4v) is 4.15. The molecule has 0 aliphatic rings. The van der Waals surface area contributed by atoms with Crippen molar-refractivity contribution in [2.45, 2.75) is 0 Å². The number of halogens is 1. The largest absolute Gasteiger partial charge is 0.417 e. The lowest BCUT2D eigenvalue weighted by Gasteiger charge is -2.08. The molecule has 0 unspecified atom stereocenters. The van der Waals surface area contributed by atoms with Gasteiger partial charge in [0, 0.05) is 27.2 Å². The maximum atomic E-state index is 11.4. The van der Waals surface area contributed by atoms with Gasteiger partial charge in [-0.2, -0.15) is 0 Å². The Morgan fingerprint density at radius 2 is 1.96 bits per heavy atom. The van der Waals surface area contributed by atoms with Crippen molar-refractivity contribution >= 4 is 60.1 Å². The van der Waals surface area contributed by atoms with Gasteiger partial charge in [0.2, 0.25) is 0 Å². The third kappa shape index (κ3) is 2.92. The minimum atomic E-state index is -0.470. The van der Waals surface area contributed by atoms with E-state index in [2.05, 4.69) is 53.7 Å². The molecular formula is C19H11BrN4O2S. The normalized spacial score (nSPS) is 11.3. The van der Waals surface area contributed by atoms with E-state index in [-0.39, 0.29) is 0 Å². The molecule has 6 nitrogen and oxygen atoms in total. The summed E-state index contributed by atoms with van der Waals surface area (Å²) >= 11 is 5.05. The van der Waals surface area contributed by atoms with E-state index in [1.807, 2.05) is 18.2 Å². The standard InChI is InChI=1S/C19H11BrN4O2S/c20-11-3-1-10(2-4-11)13-8-27-18-16(13)17(21-9-22-18)23-12-5-6-14-15(7-12)26-19(25)24-14/h1-9H,(H,24,25)(H,21,22,23). The van der Waals surface area contributed by atoms with Gasteiger partial charge < -0.3 is 9.73 Å². The maximum Gasteiger partial charge on any atom is 0.417 e. The van der Waals surface area contributed by atoms with Crippen molar-refractivity contribution in [3.05, 3.63) is 69.2 Å². The summed E-state index contributed by atoms with van der Waals surface area (Å²) in [4.78, 5) is 23.7. The van der Waals surface area contributed by atoms with Crippen molar-refractivity contribution in [3.63, 3.8) is 0 Å². The van der Waals surface area contributed by atoms with Crippen LogP contribution in [-0.2, 0) is 0 Å². The summed E-state index contributed by atoms with van der Waals surface area (Å²) in [6.07, 6.45) is 1.54. The van der Waals surface area contributed by atoms with E-state index in [1.54, 1.807) is 29.8 Å². The number of aromatic nitrogens is 3. The van der Waals surface area contributed by atoms with Crippen LogP contribution in [0.5, 0.6) is 0 Å². The molecule has 0 amide bonds. The zero-order valence-electron chi connectivity index (χ0n) is 13.7. The summed E-state index contributed by atoms with van der Waals surface area (Å²) in [5.41, 5.74) is 4.09. The van der Waals surface area contributed by atoms with Gasteiger partial charge in [0.25, 0.3) is 0 Å². The highest BCUT2D eigenvalue weighted by Gasteiger charge is 2.14. The average Bonchev–Trinajstić information content (AvgIpc) is 3.25. The number of anilines is 2. The number of benzene rings is 2. The van der Waals surface area contributed by atoms with Crippen LogP contribution in [0.1, 0.15) is 0 Å². The number of rotatable bonds is 3. The van der Waals surface area contributed by atoms with Gasteiger partial charge in [-0.15, -0.1) is 11.3 Å². The second-order valence-corrected chi connectivity index (χ2v) is 7.68. The molecule has 0 atom stereocenters. The van der Waals surface area contributed by atoms with E-state index < -0.39 is 5.76 Å². The molecule has 0 spiro atoms. The van der Waals surface area contributed by atoms with E-state index in [9.17, 15) is 4.79 Å². The summed E-state index contributed by atoms with van der Waals surface area (Å²) in [5, 5.41) is 6.37. The third-order valence-electron chi connectivity index (χ3n) is 4.21. The lowest BCUT2D eigenvalue weighted by atomic mass is 10.1. The maximum absolute atomic E-state index is 11.4. The topological polar surface area (TPSA) is 83.8 Å². The molecule has 3 aromatic heterocycles. The summed E-state index contributed by atoms with van der Waals surface area (Å²) in [5.74, 6) is 0.235. The molecule has 0 fully saturated rings. The predicted molar refractivity (Wildman–Crippen MR) is 111 cm³/mol. The number of thiophene rings is 1. The summed E-state index contributed by atoms with van der Waals surface area (Å²) in [6, 6.07) is 13.6. The van der Waals surface area contributed by atoms with Crippen molar-refractivity contribution in [1.29, 1.82) is 0 Å². The molecule has 2 aromatic carbocycles. The first-order valence-corrected chi connectivity index (χ1v) is 9.73. The SMILES string of the molecule is O=c1[nH]c2ccc(Nc3ncnc4scc(-c5ccc(Br)cc5)c34)cc2o1. The first kappa shape index (κ1) is 16.2. The smallest absolute Gasteiger partial charge is 0.408 e. The van der Waals surface area contributed by atoms with Gasteiger partial charge >= 0.3 is 5.76 Å². The number of hydrogen-bond donors (Lipinski definition) is 2. The van der Waals surface area contributed by atoms with Crippen molar-refractivity contribution in [2.75, 3.05) is 5.32 Å². The van der Waals surface area contributed by atoms with Crippen LogP contribution in [0, 0.1) is 0 Å². The van der Waals surface area contributed by atoms with E-state index in [0.717, 1.165) is 31.5 Å². The van der Waals surface area contributed by atoms with Gasteiger partial charge in [-0.3, -0.25) is 4.98 Å². The molecular weight excluding hydrogens is 428 g/mol. The number of hydrogen-bond acceptors (Lipinski definition) is 6. The minimum absolute atomic E-state index is 0.470. The second kappa shape index (κ2) is 6.33. The molecule has 0 saturated heterocycles. The predicted octanol–water partition coefficient (Wildman–Crippen LogP) is 5.30. The highest BCUT2D eigenvalue weighted by molar-refractivity contribution is 9.10. The summed E-state index contributed by atoms with van der Waals surface area (Å²) in [7, 11) is 0. The second-order valence-electron chi connectivity index (χ2n) is 5.91. The van der Waals surface area contributed by atoms with Gasteiger partial charge in [-0.05, 0) is 29.8 Å². The van der Waals surface area contributed by atoms with Crippen LogP contribution in [0.15, 0.2) is 67.9 Å². The molecule has 0 radical (unpaired) electrons. The van der Waals surface area contributed by atoms with E-state index in [4.69, 9.17) is 4.42 Å². The third-order valence-corrected chi connectivity index (χ3v) is 5.62. The molecule has 5 aromatic rings. The Bertz CT molecular complexity index is 1340. The molecule has 132 valence electrons. The van der Waals surface area contributed by atoms with Crippen LogP contribution in [0.25, 0.3) is 32.4 Å². The number of aromatic amines is 1. The van der Waals surface area contributed by atoms with Crippen molar-refractivity contribution in [3.8, 4) is 11.1 Å². The lowest BCUT2D eigenvalue weighted by Crippen LogP contribution is -1.95. The molecule has 0 aliphatic heterocycles. The Hall–Kier alpha value is -2.97. The molecule has 3 heterocycles. The summed E-state index contributed by atoms with van der Waals surface area (Å²) in [6.45, 7) is 0. The van der Waals surface area contributed by atoms with Crippen molar-refractivity contribution < 1.29 is 4.42 Å². The fraction of sp³-hybridized carbons (Fsp3) is 0. The number of nitrogens with zero attached hydrogens (tertiary/aromatic N) is 2. The fourth-order valence-electron chi connectivity index (χ4n) is 2.97. The average molecular weight is 439 g/mol. The van der Waals surface area contributed by atoms with Crippen LogP contribution in [0.3, 0.4) is 0 Å². The molecule has 0 saturated carbocycles. The molecule has 27 heavy (non-hydrogen) atoms. The number of H-pyrrole nitrogens is 1. The van der Waals surface area contributed by atoms with Crippen LogP contribution in [0.4, 0.5) is 11.5 Å². The van der Waals surface area contributed by atoms with Gasteiger partial charge in [0.15, 0.2) is 5.58 Å². The molecule has 8 heteroatoms. The lowest BCUT2D eigenvalue weighted by molar-refractivity contribution is 0.555. The Kier molecular flexibility index (Phi) is 3.80. The van der Waals surface area contributed by atoms with Crippen molar-refractivity contribution in [2.24, 2.45) is 0 Å². The van der Waals surface area contributed by atoms with Gasteiger partial charge in [-0.25, -0.2) is 14.8 Å². The number of fused-ring (bicyclic) bond motifs is 2. The van der Waals surface area contributed by atoms with Gasteiger partial charge in [0.1, 0.15) is 17.0 Å². The minimum Gasteiger partial charge on any atom is -0.408 e. The Labute approximate surface area is 165 Å². The Morgan fingerprint density at radius 3 is 2.81 bits per heavy atom. The van der Waals surface area contributed by atoms with E-state index >= 15 is 0 Å². The molecule has 0 aliphatic carbocycles. The highest BCUT2D eigenvalue weighted by atomic mass is 79.9. The monoisotopic (exact) mass is 438 g/mol. The first-order chi connectivity index (χ1) is 13.2. The zero-order chi connectivity index (χ0) is 18.4. The molecule has 5 rings (SSSR count).